The molecule has 0 aliphatic carbocycles. The fraction of sp³-hybridized carbons (Fsp3) is 0.750. The number of nitrogens with zero attached hydrogens (tertiary/aromatic N) is 2. The minimum Gasteiger partial charge on any atom is -0.446 e. The second-order valence-corrected chi connectivity index (χ2v) is 4.51. The van der Waals surface area contributed by atoms with Crippen LogP contribution >= 0.6 is 0 Å². The van der Waals surface area contributed by atoms with Crippen LogP contribution in [0, 0.1) is 6.92 Å². The normalized spacial score (nSPS) is 21.8. The number of aliphatic hydroxyl groups is 1. The van der Waals surface area contributed by atoms with Crippen molar-refractivity contribution >= 4 is 0 Å². The first kappa shape index (κ1) is 11.6. The first-order valence-corrected chi connectivity index (χ1v) is 5.99. The molecule has 0 spiro atoms. The van der Waals surface area contributed by atoms with Gasteiger partial charge in [-0.15, -0.1) is 0 Å². The van der Waals surface area contributed by atoms with Crippen LogP contribution in [0.3, 0.4) is 0 Å². The van der Waals surface area contributed by atoms with Gasteiger partial charge in [0.05, 0.1) is 11.7 Å². The lowest BCUT2D eigenvalue weighted by Crippen LogP contribution is -2.18. The second-order valence-electron chi connectivity index (χ2n) is 4.51. The van der Waals surface area contributed by atoms with Crippen LogP contribution in [0.2, 0.25) is 0 Å². The number of hydrogen-bond donors (Lipinski definition) is 1. The predicted molar refractivity (Wildman–Crippen MR) is 61.3 cm³/mol. The van der Waals surface area contributed by atoms with Gasteiger partial charge in [-0.1, -0.05) is 0 Å². The molecule has 1 atom stereocenters. The molecule has 0 radical (unpaired) electrons. The SMILES string of the molecule is Cc1oc(CCCO)nc1C1CCCN1C. The molecule has 1 aliphatic rings. The molecule has 16 heavy (non-hydrogen) atoms. The Morgan fingerprint density at radius 1 is 1.56 bits per heavy atom. The summed E-state index contributed by atoms with van der Waals surface area (Å²) in [6.45, 7) is 3.32. The number of aliphatic hydroxyl groups excluding tert-OH is 1. The van der Waals surface area contributed by atoms with E-state index in [2.05, 4.69) is 16.9 Å². The van der Waals surface area contributed by atoms with E-state index in [1.165, 1.54) is 12.8 Å². The lowest BCUT2D eigenvalue weighted by Gasteiger charge is -2.17. The van der Waals surface area contributed by atoms with Gasteiger partial charge in [0.2, 0.25) is 0 Å². The van der Waals surface area contributed by atoms with Gasteiger partial charge in [0.15, 0.2) is 5.89 Å². The Morgan fingerprint density at radius 3 is 3.00 bits per heavy atom. The van der Waals surface area contributed by atoms with Crippen molar-refractivity contribution in [1.29, 1.82) is 0 Å². The van der Waals surface area contributed by atoms with E-state index < -0.39 is 0 Å². The van der Waals surface area contributed by atoms with Gasteiger partial charge in [0, 0.05) is 13.0 Å². The van der Waals surface area contributed by atoms with Crippen LogP contribution in [-0.4, -0.2) is 35.2 Å². The molecule has 4 nitrogen and oxygen atoms in total. The summed E-state index contributed by atoms with van der Waals surface area (Å²) < 4.78 is 5.63. The lowest BCUT2D eigenvalue weighted by molar-refractivity contribution is 0.282. The molecule has 4 heteroatoms. The molecule has 0 saturated carbocycles. The van der Waals surface area contributed by atoms with Crippen molar-refractivity contribution in [2.75, 3.05) is 20.2 Å². The molecule has 2 heterocycles. The zero-order chi connectivity index (χ0) is 11.5. The molecule has 90 valence electrons. The number of likely N-dealkylation sites (tertiary alicyclic amines) is 1. The average Bonchev–Trinajstić information content (AvgIpc) is 2.82. The van der Waals surface area contributed by atoms with Crippen LogP contribution in [0.5, 0.6) is 0 Å². The van der Waals surface area contributed by atoms with Gasteiger partial charge < -0.3 is 9.52 Å². The van der Waals surface area contributed by atoms with Crippen molar-refractivity contribution in [2.24, 2.45) is 0 Å². The van der Waals surface area contributed by atoms with Crippen molar-refractivity contribution in [1.82, 2.24) is 9.88 Å². The predicted octanol–water partition coefficient (Wildman–Crippen LogP) is 1.67. The summed E-state index contributed by atoms with van der Waals surface area (Å²) in [7, 11) is 2.14. The number of rotatable bonds is 4. The highest BCUT2D eigenvalue weighted by Crippen LogP contribution is 2.32. The third-order valence-corrected chi connectivity index (χ3v) is 3.26. The molecule has 1 N–H and O–H groups in total. The fourth-order valence-corrected chi connectivity index (χ4v) is 2.37. The van der Waals surface area contributed by atoms with Gasteiger partial charge in [0.1, 0.15) is 5.76 Å². The molecular formula is C12H20N2O2. The van der Waals surface area contributed by atoms with E-state index in [-0.39, 0.29) is 6.61 Å². The fourth-order valence-electron chi connectivity index (χ4n) is 2.37. The maximum absolute atomic E-state index is 8.78. The number of aryl methyl sites for hydroxylation is 2. The van der Waals surface area contributed by atoms with Crippen LogP contribution in [0.15, 0.2) is 4.42 Å². The van der Waals surface area contributed by atoms with E-state index in [0.29, 0.717) is 6.04 Å². The Morgan fingerprint density at radius 2 is 2.38 bits per heavy atom. The van der Waals surface area contributed by atoms with E-state index in [1.54, 1.807) is 0 Å². The summed E-state index contributed by atoms with van der Waals surface area (Å²) in [5.41, 5.74) is 1.09. The maximum atomic E-state index is 8.78. The van der Waals surface area contributed by atoms with Gasteiger partial charge in [-0.2, -0.15) is 0 Å². The molecule has 1 aliphatic heterocycles. The zero-order valence-corrected chi connectivity index (χ0v) is 10.1. The van der Waals surface area contributed by atoms with Crippen molar-refractivity contribution in [3.63, 3.8) is 0 Å². The highest BCUT2D eigenvalue weighted by Gasteiger charge is 2.27. The van der Waals surface area contributed by atoms with E-state index in [0.717, 1.165) is 36.7 Å². The zero-order valence-electron chi connectivity index (χ0n) is 10.1. The van der Waals surface area contributed by atoms with Crippen LogP contribution in [-0.2, 0) is 6.42 Å². The van der Waals surface area contributed by atoms with Crippen LogP contribution < -0.4 is 0 Å². The highest BCUT2D eigenvalue weighted by molar-refractivity contribution is 5.14. The van der Waals surface area contributed by atoms with Gasteiger partial charge >= 0.3 is 0 Å². The first-order valence-electron chi connectivity index (χ1n) is 5.99. The lowest BCUT2D eigenvalue weighted by atomic mass is 10.1. The molecule has 0 aromatic carbocycles. The summed E-state index contributed by atoms with van der Waals surface area (Å²) in [4.78, 5) is 6.89. The second kappa shape index (κ2) is 4.97. The summed E-state index contributed by atoms with van der Waals surface area (Å²) in [6.07, 6.45) is 3.86. The Hall–Kier alpha value is -0.870. The standard InChI is InChI=1S/C12H20N2O2/c1-9-12(10-5-3-7-14(10)2)13-11(16-9)6-4-8-15/h10,15H,3-8H2,1-2H3. The van der Waals surface area contributed by atoms with Crippen molar-refractivity contribution in [2.45, 2.75) is 38.6 Å². The molecule has 0 amide bonds. The Balaban J connectivity index is 2.11. The molecule has 1 aromatic heterocycles. The van der Waals surface area contributed by atoms with Gasteiger partial charge in [-0.3, -0.25) is 4.90 Å². The van der Waals surface area contributed by atoms with Gasteiger partial charge in [0.25, 0.3) is 0 Å². The minimum atomic E-state index is 0.195. The third-order valence-electron chi connectivity index (χ3n) is 3.26. The summed E-state index contributed by atoms with van der Waals surface area (Å²) in [5, 5.41) is 8.78. The first-order chi connectivity index (χ1) is 7.72. The molecule has 2 rings (SSSR count). The number of aromatic nitrogens is 1. The minimum absolute atomic E-state index is 0.195. The third kappa shape index (κ3) is 2.28. The van der Waals surface area contributed by atoms with Crippen LogP contribution in [0.1, 0.15) is 42.6 Å². The maximum Gasteiger partial charge on any atom is 0.194 e. The van der Waals surface area contributed by atoms with E-state index in [1.807, 2.05) is 6.92 Å². The number of oxazole rings is 1. The van der Waals surface area contributed by atoms with Crippen LogP contribution in [0.4, 0.5) is 0 Å². The topological polar surface area (TPSA) is 49.5 Å². The Labute approximate surface area is 96.3 Å². The summed E-state index contributed by atoms with van der Waals surface area (Å²) >= 11 is 0. The van der Waals surface area contributed by atoms with Crippen LogP contribution in [0.25, 0.3) is 0 Å². The smallest absolute Gasteiger partial charge is 0.194 e. The summed E-state index contributed by atoms with van der Waals surface area (Å²) in [6, 6.07) is 0.423. The van der Waals surface area contributed by atoms with E-state index in [4.69, 9.17) is 9.52 Å². The molecule has 1 unspecified atom stereocenters. The molecule has 0 bridgehead atoms. The molecule has 1 aromatic rings. The Kier molecular flexibility index (Phi) is 3.61. The van der Waals surface area contributed by atoms with E-state index >= 15 is 0 Å². The average molecular weight is 224 g/mol. The van der Waals surface area contributed by atoms with Crippen molar-refractivity contribution in [3.8, 4) is 0 Å². The molecule has 1 saturated heterocycles. The van der Waals surface area contributed by atoms with Crippen molar-refractivity contribution in [3.05, 3.63) is 17.3 Å². The van der Waals surface area contributed by atoms with E-state index in [9.17, 15) is 0 Å². The highest BCUT2D eigenvalue weighted by atomic mass is 16.4. The Bertz CT molecular complexity index is 349. The van der Waals surface area contributed by atoms with Gasteiger partial charge in [-0.25, -0.2) is 4.98 Å². The molecular weight excluding hydrogens is 204 g/mol. The quantitative estimate of drug-likeness (QED) is 0.845. The molecule has 1 fully saturated rings. The largest absolute Gasteiger partial charge is 0.446 e. The monoisotopic (exact) mass is 224 g/mol. The van der Waals surface area contributed by atoms with Crippen molar-refractivity contribution < 1.29 is 9.52 Å². The van der Waals surface area contributed by atoms with Gasteiger partial charge in [-0.05, 0) is 39.8 Å². The summed E-state index contributed by atoms with van der Waals surface area (Å²) in [5.74, 6) is 1.70. The number of hydrogen-bond acceptors (Lipinski definition) is 4.